The minimum atomic E-state index is -0.0182. The molecule has 1 heterocycles. The molecule has 1 fully saturated rings. The summed E-state index contributed by atoms with van der Waals surface area (Å²) in [5, 5.41) is 0. The van der Waals surface area contributed by atoms with Crippen molar-refractivity contribution in [2.24, 2.45) is 5.41 Å². The minimum absolute atomic E-state index is 0.0182. The van der Waals surface area contributed by atoms with Crippen molar-refractivity contribution in [3.05, 3.63) is 23.9 Å². The molecule has 1 saturated carbocycles. The van der Waals surface area contributed by atoms with Crippen LogP contribution in [-0.2, 0) is 0 Å². The number of nitrogen functional groups attached to an aromatic ring is 1. The highest BCUT2D eigenvalue weighted by Crippen LogP contribution is 2.36. The van der Waals surface area contributed by atoms with Crippen LogP contribution >= 0.6 is 0 Å². The van der Waals surface area contributed by atoms with E-state index in [1.54, 1.807) is 18.3 Å². The molecule has 1 aliphatic rings. The molecule has 0 spiro atoms. The summed E-state index contributed by atoms with van der Waals surface area (Å²) in [6.07, 6.45) is 6.07. The van der Waals surface area contributed by atoms with Gasteiger partial charge in [0, 0.05) is 19.3 Å². The van der Waals surface area contributed by atoms with Crippen LogP contribution in [0.4, 0.5) is 5.82 Å². The molecule has 1 aliphatic carbocycles. The Kier molecular flexibility index (Phi) is 3.78. The number of hydrogen-bond donors (Lipinski definition) is 1. The summed E-state index contributed by atoms with van der Waals surface area (Å²) in [6, 6.07) is 3.81. The van der Waals surface area contributed by atoms with Crippen molar-refractivity contribution in [3.8, 4) is 0 Å². The van der Waals surface area contributed by atoms with E-state index in [0.717, 1.165) is 25.7 Å². The van der Waals surface area contributed by atoms with Gasteiger partial charge in [0.05, 0.1) is 5.56 Å². The van der Waals surface area contributed by atoms with Crippen LogP contribution < -0.4 is 5.73 Å². The SMILES string of the molecule is CN(C(=O)c1cccnc1N)C1CCC(C)(C)CC1. The number of nitrogens with two attached hydrogens (primary N) is 1. The van der Waals surface area contributed by atoms with Gasteiger partial charge in [0.2, 0.25) is 0 Å². The summed E-state index contributed by atoms with van der Waals surface area (Å²) < 4.78 is 0. The lowest BCUT2D eigenvalue weighted by Gasteiger charge is -2.38. The third-order valence-corrected chi connectivity index (χ3v) is 4.25. The fourth-order valence-corrected chi connectivity index (χ4v) is 2.73. The van der Waals surface area contributed by atoms with Gasteiger partial charge in [-0.2, -0.15) is 0 Å². The third-order valence-electron chi connectivity index (χ3n) is 4.25. The zero-order chi connectivity index (χ0) is 14.0. The average Bonchev–Trinajstić information content (AvgIpc) is 2.38. The fourth-order valence-electron chi connectivity index (χ4n) is 2.73. The van der Waals surface area contributed by atoms with E-state index in [0.29, 0.717) is 22.8 Å². The van der Waals surface area contributed by atoms with E-state index in [-0.39, 0.29) is 5.91 Å². The Balaban J connectivity index is 2.06. The van der Waals surface area contributed by atoms with E-state index >= 15 is 0 Å². The van der Waals surface area contributed by atoms with Crippen LogP contribution in [0.2, 0.25) is 0 Å². The summed E-state index contributed by atoms with van der Waals surface area (Å²) in [7, 11) is 1.87. The van der Waals surface area contributed by atoms with Crippen molar-refractivity contribution in [1.82, 2.24) is 9.88 Å². The maximum absolute atomic E-state index is 12.4. The summed E-state index contributed by atoms with van der Waals surface area (Å²) in [5.74, 6) is 0.297. The van der Waals surface area contributed by atoms with Gasteiger partial charge in [-0.3, -0.25) is 4.79 Å². The van der Waals surface area contributed by atoms with Crippen molar-refractivity contribution in [2.75, 3.05) is 12.8 Å². The molecule has 0 aromatic carbocycles. The third kappa shape index (κ3) is 3.06. The fraction of sp³-hybridized carbons (Fsp3) is 0.600. The second-order valence-electron chi connectivity index (χ2n) is 6.25. The lowest BCUT2D eigenvalue weighted by Crippen LogP contribution is -2.41. The molecule has 1 amide bonds. The molecule has 19 heavy (non-hydrogen) atoms. The second-order valence-corrected chi connectivity index (χ2v) is 6.25. The summed E-state index contributed by atoms with van der Waals surface area (Å²) in [5.41, 5.74) is 6.69. The first-order chi connectivity index (χ1) is 8.91. The van der Waals surface area contributed by atoms with E-state index < -0.39 is 0 Å². The number of pyridine rings is 1. The van der Waals surface area contributed by atoms with Crippen LogP contribution in [0.5, 0.6) is 0 Å². The van der Waals surface area contributed by atoms with Crippen molar-refractivity contribution in [3.63, 3.8) is 0 Å². The molecule has 4 nitrogen and oxygen atoms in total. The Bertz CT molecular complexity index is 460. The molecular weight excluding hydrogens is 238 g/mol. The Labute approximate surface area is 115 Å². The molecule has 104 valence electrons. The van der Waals surface area contributed by atoms with Crippen LogP contribution in [0.25, 0.3) is 0 Å². The van der Waals surface area contributed by atoms with Crippen molar-refractivity contribution < 1.29 is 4.79 Å². The van der Waals surface area contributed by atoms with Gasteiger partial charge in [-0.1, -0.05) is 13.8 Å². The molecular formula is C15H23N3O. The molecule has 2 N–H and O–H groups in total. The highest BCUT2D eigenvalue weighted by atomic mass is 16.2. The number of carbonyl (C=O) groups is 1. The number of anilines is 1. The maximum atomic E-state index is 12.4. The van der Waals surface area contributed by atoms with Crippen LogP contribution in [0.3, 0.4) is 0 Å². The topological polar surface area (TPSA) is 59.2 Å². The van der Waals surface area contributed by atoms with Gasteiger partial charge in [-0.15, -0.1) is 0 Å². The van der Waals surface area contributed by atoms with Crippen molar-refractivity contribution >= 4 is 11.7 Å². The maximum Gasteiger partial charge on any atom is 0.257 e. The average molecular weight is 261 g/mol. The molecule has 1 aromatic heterocycles. The zero-order valence-corrected chi connectivity index (χ0v) is 12.0. The normalized spacial score (nSPS) is 19.1. The van der Waals surface area contributed by atoms with Crippen LogP contribution in [0, 0.1) is 5.41 Å². The molecule has 2 rings (SSSR count). The number of nitrogens with zero attached hydrogens (tertiary/aromatic N) is 2. The smallest absolute Gasteiger partial charge is 0.257 e. The predicted molar refractivity (Wildman–Crippen MR) is 76.8 cm³/mol. The number of aromatic nitrogens is 1. The van der Waals surface area contributed by atoms with Crippen LogP contribution in [-0.4, -0.2) is 28.9 Å². The van der Waals surface area contributed by atoms with Gasteiger partial charge < -0.3 is 10.6 Å². The molecule has 1 aromatic rings. The van der Waals surface area contributed by atoms with E-state index in [4.69, 9.17) is 5.73 Å². The molecule has 0 atom stereocenters. The van der Waals surface area contributed by atoms with Crippen LogP contribution in [0.15, 0.2) is 18.3 Å². The van der Waals surface area contributed by atoms with E-state index in [9.17, 15) is 4.79 Å². The first-order valence-electron chi connectivity index (χ1n) is 6.88. The molecule has 0 unspecified atom stereocenters. The summed E-state index contributed by atoms with van der Waals surface area (Å²) in [4.78, 5) is 18.2. The van der Waals surface area contributed by atoms with Crippen molar-refractivity contribution in [1.29, 1.82) is 0 Å². The molecule has 0 aliphatic heterocycles. The quantitative estimate of drug-likeness (QED) is 0.890. The number of amides is 1. The van der Waals surface area contributed by atoms with Gasteiger partial charge >= 0.3 is 0 Å². The molecule has 0 radical (unpaired) electrons. The lowest BCUT2D eigenvalue weighted by molar-refractivity contribution is 0.0636. The first-order valence-corrected chi connectivity index (χ1v) is 6.88. The summed E-state index contributed by atoms with van der Waals surface area (Å²) in [6.45, 7) is 4.59. The highest BCUT2D eigenvalue weighted by molar-refractivity contribution is 5.98. The van der Waals surface area contributed by atoms with E-state index in [2.05, 4.69) is 18.8 Å². The summed E-state index contributed by atoms with van der Waals surface area (Å²) >= 11 is 0. The zero-order valence-electron chi connectivity index (χ0n) is 12.0. The van der Waals surface area contributed by atoms with Gasteiger partial charge in [0.25, 0.3) is 5.91 Å². The number of hydrogen-bond acceptors (Lipinski definition) is 3. The predicted octanol–water partition coefficient (Wildman–Crippen LogP) is 2.70. The second kappa shape index (κ2) is 5.19. The monoisotopic (exact) mass is 261 g/mol. The van der Waals surface area contributed by atoms with Crippen LogP contribution in [0.1, 0.15) is 49.9 Å². The molecule has 4 heteroatoms. The minimum Gasteiger partial charge on any atom is -0.383 e. The van der Waals surface area contributed by atoms with Gasteiger partial charge in [-0.05, 0) is 43.2 Å². The Morgan fingerprint density at radius 1 is 1.42 bits per heavy atom. The molecule has 0 bridgehead atoms. The Morgan fingerprint density at radius 2 is 2.05 bits per heavy atom. The lowest BCUT2D eigenvalue weighted by atomic mass is 9.75. The van der Waals surface area contributed by atoms with Crippen molar-refractivity contribution in [2.45, 2.75) is 45.6 Å². The van der Waals surface area contributed by atoms with E-state index in [1.807, 2.05) is 11.9 Å². The number of carbonyl (C=O) groups excluding carboxylic acids is 1. The highest BCUT2D eigenvalue weighted by Gasteiger charge is 2.31. The van der Waals surface area contributed by atoms with E-state index in [1.165, 1.54) is 0 Å². The Hall–Kier alpha value is -1.58. The number of rotatable bonds is 2. The van der Waals surface area contributed by atoms with Gasteiger partial charge in [0.15, 0.2) is 0 Å². The first kappa shape index (κ1) is 13.8. The van der Waals surface area contributed by atoms with Gasteiger partial charge in [0.1, 0.15) is 5.82 Å². The largest absolute Gasteiger partial charge is 0.383 e. The standard InChI is InChI=1S/C15H23N3O/c1-15(2)8-6-11(7-9-15)18(3)14(19)12-5-4-10-17-13(12)16/h4-5,10-11H,6-9H2,1-3H3,(H2,16,17). The Morgan fingerprint density at radius 3 is 2.63 bits per heavy atom. The molecule has 0 saturated heterocycles. The van der Waals surface area contributed by atoms with Gasteiger partial charge in [-0.25, -0.2) is 4.98 Å².